The van der Waals surface area contributed by atoms with Crippen molar-refractivity contribution in [3.63, 3.8) is 0 Å². The van der Waals surface area contributed by atoms with Crippen LogP contribution in [0.25, 0.3) is 10.4 Å². The van der Waals surface area contributed by atoms with Crippen LogP contribution in [-0.4, -0.2) is 42.0 Å². The Morgan fingerprint density at radius 3 is 2.46 bits per heavy atom. The van der Waals surface area contributed by atoms with E-state index in [2.05, 4.69) is 10.0 Å². The number of hydrogen-bond acceptors (Lipinski definition) is 6. The van der Waals surface area contributed by atoms with Gasteiger partial charge in [-0.05, 0) is 64.0 Å². The molecule has 1 amide bonds. The molecule has 39 heavy (non-hydrogen) atoms. The molecule has 2 aromatic rings. The summed E-state index contributed by atoms with van der Waals surface area (Å²) in [6.45, 7) is 7.29. The number of carbonyl (C=O) groups excluding carboxylic acids is 1. The summed E-state index contributed by atoms with van der Waals surface area (Å²) in [4.78, 5) is 29.9. The van der Waals surface area contributed by atoms with E-state index in [9.17, 15) is 18.0 Å². The topological polar surface area (TPSA) is 125 Å². The second kappa shape index (κ2) is 11.8. The molecule has 1 heterocycles. The first-order chi connectivity index (χ1) is 18.3. The van der Waals surface area contributed by atoms with Gasteiger partial charge >= 0.3 is 5.97 Å². The van der Waals surface area contributed by atoms with Crippen LogP contribution in [0.4, 0.5) is 0 Å². The van der Waals surface area contributed by atoms with E-state index in [0.29, 0.717) is 46.3 Å². The van der Waals surface area contributed by atoms with Gasteiger partial charge in [0, 0.05) is 17.1 Å². The third kappa shape index (κ3) is 6.84. The number of sulfonamides is 1. The van der Waals surface area contributed by atoms with Crippen molar-refractivity contribution in [2.45, 2.75) is 102 Å². The third-order valence-electron chi connectivity index (χ3n) is 8.09. The number of amides is 1. The number of nitrogens with zero attached hydrogens (tertiary/aromatic N) is 1. The van der Waals surface area contributed by atoms with Crippen LogP contribution >= 0.6 is 22.9 Å². The lowest BCUT2D eigenvalue weighted by Gasteiger charge is -2.32. The molecule has 0 bridgehead atoms. The van der Waals surface area contributed by atoms with Crippen molar-refractivity contribution in [2.24, 2.45) is 11.8 Å². The quantitative estimate of drug-likeness (QED) is 0.311. The van der Waals surface area contributed by atoms with Crippen LogP contribution in [0.3, 0.4) is 0 Å². The smallest absolute Gasteiger partial charge is 0.306 e. The molecule has 2 fully saturated rings. The number of aromatic nitrogens is 1. The van der Waals surface area contributed by atoms with Crippen LogP contribution < -0.4 is 10.0 Å². The molecule has 214 valence electrons. The number of aliphatic carboxylic acids is 1. The Labute approximate surface area is 240 Å². The standard InChI is InChI=1S/C28H38ClN3O5S2/c1-5-28(3,4)32-39(36,37)22-12-11-20(23(29)16(22)2)24-21(13-17-9-7-6-8-10-17)31-26(38-24)25(33)30-19-14-18(15-19)27(34)35/h11-12,17-19,32H,5-10,13-15H2,1-4H3,(H,30,33)(H,34,35). The van der Waals surface area contributed by atoms with E-state index in [1.54, 1.807) is 19.1 Å². The maximum absolute atomic E-state index is 13.2. The molecule has 2 saturated carbocycles. The molecular formula is C28H38ClN3O5S2. The molecule has 8 nitrogen and oxygen atoms in total. The number of benzene rings is 1. The molecule has 0 aliphatic heterocycles. The normalized spacial score (nSPS) is 20.4. The summed E-state index contributed by atoms with van der Waals surface area (Å²) in [5, 5.41) is 12.7. The van der Waals surface area contributed by atoms with Gasteiger partial charge in [-0.3, -0.25) is 9.59 Å². The minimum atomic E-state index is -3.80. The van der Waals surface area contributed by atoms with Crippen molar-refractivity contribution in [2.75, 3.05) is 0 Å². The van der Waals surface area contributed by atoms with Crippen molar-refractivity contribution in [3.8, 4) is 10.4 Å². The van der Waals surface area contributed by atoms with E-state index in [0.717, 1.165) is 29.8 Å². The lowest BCUT2D eigenvalue weighted by molar-refractivity contribution is -0.145. The van der Waals surface area contributed by atoms with Gasteiger partial charge in [0.25, 0.3) is 5.91 Å². The van der Waals surface area contributed by atoms with Crippen LogP contribution in [0.2, 0.25) is 5.02 Å². The molecule has 0 atom stereocenters. The average Bonchev–Trinajstić information content (AvgIpc) is 3.25. The molecular weight excluding hydrogens is 558 g/mol. The first-order valence-electron chi connectivity index (χ1n) is 13.7. The van der Waals surface area contributed by atoms with E-state index in [4.69, 9.17) is 21.7 Å². The molecule has 4 rings (SSSR count). The molecule has 1 aromatic carbocycles. The second-order valence-electron chi connectivity index (χ2n) is 11.6. The van der Waals surface area contributed by atoms with Crippen LogP contribution in [0.1, 0.15) is 93.2 Å². The third-order valence-corrected chi connectivity index (χ3v) is 11.5. The zero-order valence-corrected chi connectivity index (χ0v) is 25.4. The summed E-state index contributed by atoms with van der Waals surface area (Å²) in [5.74, 6) is -1.10. The van der Waals surface area contributed by atoms with Gasteiger partial charge in [-0.1, -0.05) is 56.7 Å². The monoisotopic (exact) mass is 595 g/mol. The van der Waals surface area contributed by atoms with Gasteiger partial charge in [0.05, 0.1) is 26.4 Å². The van der Waals surface area contributed by atoms with Gasteiger partial charge in [-0.25, -0.2) is 18.1 Å². The van der Waals surface area contributed by atoms with Gasteiger partial charge in [-0.2, -0.15) is 0 Å². The van der Waals surface area contributed by atoms with Crippen molar-refractivity contribution in [1.82, 2.24) is 15.0 Å². The van der Waals surface area contributed by atoms with Crippen LogP contribution in [-0.2, 0) is 21.2 Å². The van der Waals surface area contributed by atoms with Crippen molar-refractivity contribution in [1.29, 1.82) is 0 Å². The van der Waals surface area contributed by atoms with Crippen LogP contribution in [0.15, 0.2) is 17.0 Å². The highest BCUT2D eigenvalue weighted by atomic mass is 35.5. The summed E-state index contributed by atoms with van der Waals surface area (Å²) in [6.07, 6.45) is 8.00. The fourth-order valence-corrected chi connectivity index (χ4v) is 8.40. The Kier molecular flexibility index (Phi) is 9.10. The summed E-state index contributed by atoms with van der Waals surface area (Å²) >= 11 is 8.09. The summed E-state index contributed by atoms with van der Waals surface area (Å²) < 4.78 is 29.1. The van der Waals surface area contributed by atoms with E-state index in [1.807, 2.05) is 20.8 Å². The Morgan fingerprint density at radius 1 is 1.18 bits per heavy atom. The van der Waals surface area contributed by atoms with Gasteiger partial charge in [0.2, 0.25) is 10.0 Å². The van der Waals surface area contributed by atoms with E-state index >= 15 is 0 Å². The summed E-state index contributed by atoms with van der Waals surface area (Å²) in [6, 6.07) is 3.11. The number of nitrogens with one attached hydrogen (secondary N) is 2. The predicted molar refractivity (Wildman–Crippen MR) is 154 cm³/mol. The summed E-state index contributed by atoms with van der Waals surface area (Å²) in [5.41, 5.74) is 1.32. The van der Waals surface area contributed by atoms with Crippen LogP contribution in [0, 0.1) is 18.8 Å². The zero-order valence-electron chi connectivity index (χ0n) is 23.0. The molecule has 2 aliphatic carbocycles. The van der Waals surface area contributed by atoms with Crippen molar-refractivity contribution >= 4 is 44.8 Å². The minimum Gasteiger partial charge on any atom is -0.481 e. The minimum absolute atomic E-state index is 0.132. The zero-order chi connectivity index (χ0) is 28.5. The number of rotatable bonds is 10. The highest BCUT2D eigenvalue weighted by molar-refractivity contribution is 7.89. The predicted octanol–water partition coefficient (Wildman–Crippen LogP) is 5.95. The highest BCUT2D eigenvalue weighted by Gasteiger charge is 2.36. The largest absolute Gasteiger partial charge is 0.481 e. The maximum atomic E-state index is 13.2. The van der Waals surface area contributed by atoms with Crippen molar-refractivity contribution < 1.29 is 23.1 Å². The molecule has 11 heteroatoms. The number of carboxylic acid groups (broad SMARTS) is 1. The first kappa shape index (κ1) is 30.0. The van der Waals surface area contributed by atoms with Gasteiger partial charge < -0.3 is 10.4 Å². The lowest BCUT2D eigenvalue weighted by atomic mass is 9.80. The van der Waals surface area contributed by atoms with Crippen LogP contribution in [0.5, 0.6) is 0 Å². The Morgan fingerprint density at radius 2 is 1.85 bits per heavy atom. The maximum Gasteiger partial charge on any atom is 0.306 e. The molecule has 0 saturated heterocycles. The molecule has 3 N–H and O–H groups in total. The fraction of sp³-hybridized carbons (Fsp3) is 0.607. The van der Waals surface area contributed by atoms with Gasteiger partial charge in [0.15, 0.2) is 5.01 Å². The molecule has 0 unspecified atom stereocenters. The van der Waals surface area contributed by atoms with E-state index < -0.39 is 27.4 Å². The molecule has 0 radical (unpaired) electrons. The number of hydrogen-bond donors (Lipinski definition) is 3. The SMILES string of the molecule is CCC(C)(C)NS(=O)(=O)c1ccc(-c2sc(C(=O)NC3CC(C(=O)O)C3)nc2CC2CCCCC2)c(Cl)c1C. The fourth-order valence-electron chi connectivity index (χ4n) is 5.27. The number of carboxylic acids is 1. The second-order valence-corrected chi connectivity index (χ2v) is 14.6. The number of carbonyl (C=O) groups is 2. The highest BCUT2D eigenvalue weighted by Crippen LogP contribution is 2.41. The number of thiazole rings is 1. The Balaban J connectivity index is 1.66. The lowest BCUT2D eigenvalue weighted by Crippen LogP contribution is -2.46. The molecule has 2 aliphatic rings. The molecule has 1 aromatic heterocycles. The van der Waals surface area contributed by atoms with Crippen molar-refractivity contribution in [3.05, 3.63) is 33.4 Å². The summed E-state index contributed by atoms with van der Waals surface area (Å²) in [7, 11) is -3.80. The van der Waals surface area contributed by atoms with Gasteiger partial charge in [-0.15, -0.1) is 11.3 Å². The number of halogens is 1. The van der Waals surface area contributed by atoms with Gasteiger partial charge in [0.1, 0.15) is 0 Å². The van der Waals surface area contributed by atoms with E-state index in [1.165, 1.54) is 30.6 Å². The average molecular weight is 596 g/mol. The molecule has 0 spiro atoms. The first-order valence-corrected chi connectivity index (χ1v) is 16.4. The Bertz CT molecular complexity index is 1340. The Hall–Kier alpha value is -2.01. The van der Waals surface area contributed by atoms with E-state index in [-0.39, 0.29) is 16.8 Å².